The first-order valence-corrected chi connectivity index (χ1v) is 8.40. The topological polar surface area (TPSA) is 66.8 Å². The van der Waals surface area contributed by atoms with E-state index < -0.39 is 23.9 Å². The summed E-state index contributed by atoms with van der Waals surface area (Å²) in [7, 11) is 0. The maximum Gasteiger partial charge on any atom is 0.410 e. The molecule has 1 fully saturated rings. The highest BCUT2D eigenvalue weighted by Gasteiger charge is 2.41. The van der Waals surface area contributed by atoms with Gasteiger partial charge in [0, 0.05) is 19.0 Å². The largest absolute Gasteiger partial charge is 0.481 e. The minimum absolute atomic E-state index is 0.0448. The van der Waals surface area contributed by atoms with Crippen LogP contribution in [0.15, 0.2) is 48.5 Å². The molecule has 5 nitrogen and oxygen atoms in total. The summed E-state index contributed by atoms with van der Waals surface area (Å²) in [4.78, 5) is 25.3. The average Bonchev–Trinajstić information content (AvgIpc) is 3.09. The van der Waals surface area contributed by atoms with Crippen molar-refractivity contribution >= 4 is 12.1 Å². The Kier molecular flexibility index (Phi) is 5.21. The number of carboxylic acids is 1. The molecule has 0 unspecified atom stereocenters. The Labute approximate surface area is 151 Å². The van der Waals surface area contributed by atoms with Gasteiger partial charge in [0.05, 0.1) is 5.92 Å². The van der Waals surface area contributed by atoms with Crippen LogP contribution in [-0.2, 0) is 16.1 Å². The van der Waals surface area contributed by atoms with E-state index in [1.807, 2.05) is 30.3 Å². The summed E-state index contributed by atoms with van der Waals surface area (Å²) in [6, 6.07) is 14.0. The third kappa shape index (κ3) is 3.85. The van der Waals surface area contributed by atoms with Crippen molar-refractivity contribution in [3.63, 3.8) is 0 Å². The van der Waals surface area contributed by atoms with Gasteiger partial charge in [-0.05, 0) is 29.7 Å². The van der Waals surface area contributed by atoms with Crippen molar-refractivity contribution in [3.05, 3.63) is 71.0 Å². The van der Waals surface area contributed by atoms with Crippen LogP contribution in [0.25, 0.3) is 0 Å². The second-order valence-electron chi connectivity index (χ2n) is 6.51. The summed E-state index contributed by atoms with van der Waals surface area (Å²) >= 11 is 0. The van der Waals surface area contributed by atoms with Crippen LogP contribution >= 0.6 is 0 Å². The van der Waals surface area contributed by atoms with Gasteiger partial charge in [-0.15, -0.1) is 0 Å². The molecule has 1 saturated heterocycles. The molecule has 26 heavy (non-hydrogen) atoms. The van der Waals surface area contributed by atoms with Crippen LogP contribution in [-0.4, -0.2) is 35.2 Å². The number of likely N-dealkylation sites (tertiary alicyclic amines) is 1. The Morgan fingerprint density at radius 2 is 1.92 bits per heavy atom. The Bertz CT molecular complexity index is 809. The fourth-order valence-electron chi connectivity index (χ4n) is 3.19. The van der Waals surface area contributed by atoms with E-state index in [1.165, 1.54) is 11.0 Å². The SMILES string of the molecule is Cc1ccc([C@@H]2CN(C(=O)OCc3ccccc3)C[C@H]2C(=O)O)cc1F. The van der Waals surface area contributed by atoms with Gasteiger partial charge in [-0.3, -0.25) is 4.79 Å². The highest BCUT2D eigenvalue weighted by molar-refractivity contribution is 5.75. The number of ether oxygens (including phenoxy) is 1. The van der Waals surface area contributed by atoms with Crippen LogP contribution in [0.1, 0.15) is 22.6 Å². The van der Waals surface area contributed by atoms with Crippen LogP contribution < -0.4 is 0 Å². The van der Waals surface area contributed by atoms with Gasteiger partial charge in [0.1, 0.15) is 12.4 Å². The molecule has 2 aromatic carbocycles. The van der Waals surface area contributed by atoms with Gasteiger partial charge >= 0.3 is 12.1 Å². The molecule has 136 valence electrons. The van der Waals surface area contributed by atoms with Crippen molar-refractivity contribution in [2.24, 2.45) is 5.92 Å². The number of carboxylic acid groups (broad SMARTS) is 1. The molecule has 0 radical (unpaired) electrons. The molecule has 0 saturated carbocycles. The predicted octanol–water partition coefficient (Wildman–Crippen LogP) is 3.57. The molecule has 1 aliphatic rings. The van der Waals surface area contributed by atoms with Crippen molar-refractivity contribution < 1.29 is 23.8 Å². The zero-order valence-electron chi connectivity index (χ0n) is 14.4. The average molecular weight is 357 g/mol. The number of carbonyl (C=O) groups excluding carboxylic acids is 1. The smallest absolute Gasteiger partial charge is 0.410 e. The number of benzene rings is 2. The first kappa shape index (κ1) is 17.9. The van der Waals surface area contributed by atoms with E-state index in [0.717, 1.165) is 5.56 Å². The van der Waals surface area contributed by atoms with Crippen molar-refractivity contribution in [3.8, 4) is 0 Å². The van der Waals surface area contributed by atoms with Crippen LogP contribution in [0.5, 0.6) is 0 Å². The van der Waals surface area contributed by atoms with Gasteiger partial charge in [0.25, 0.3) is 0 Å². The lowest BCUT2D eigenvalue weighted by Crippen LogP contribution is -2.30. The number of rotatable bonds is 4. The second kappa shape index (κ2) is 7.56. The minimum atomic E-state index is -1.01. The molecule has 6 heteroatoms. The molecule has 1 N–H and O–H groups in total. The molecule has 1 heterocycles. The number of hydrogen-bond donors (Lipinski definition) is 1. The van der Waals surface area contributed by atoms with Crippen molar-refractivity contribution in [1.29, 1.82) is 0 Å². The summed E-state index contributed by atoms with van der Waals surface area (Å²) in [6.07, 6.45) is -0.560. The zero-order valence-corrected chi connectivity index (χ0v) is 14.4. The molecular weight excluding hydrogens is 337 g/mol. The first-order chi connectivity index (χ1) is 12.5. The molecule has 1 aliphatic heterocycles. The second-order valence-corrected chi connectivity index (χ2v) is 6.51. The molecule has 0 bridgehead atoms. The van der Waals surface area contributed by atoms with Crippen molar-refractivity contribution in [2.75, 3.05) is 13.1 Å². The summed E-state index contributed by atoms with van der Waals surface area (Å²) in [5, 5.41) is 9.50. The summed E-state index contributed by atoms with van der Waals surface area (Å²) < 4.78 is 19.2. The Morgan fingerprint density at radius 3 is 2.58 bits per heavy atom. The van der Waals surface area contributed by atoms with Crippen molar-refractivity contribution in [1.82, 2.24) is 4.90 Å². The molecule has 0 spiro atoms. The van der Waals surface area contributed by atoms with E-state index >= 15 is 0 Å². The van der Waals surface area contributed by atoms with Gasteiger partial charge in [-0.2, -0.15) is 0 Å². The molecular formula is C20H20FNO4. The molecule has 2 aromatic rings. The van der Waals surface area contributed by atoms with E-state index in [9.17, 15) is 19.1 Å². The van der Waals surface area contributed by atoms with E-state index in [0.29, 0.717) is 11.1 Å². The quantitative estimate of drug-likeness (QED) is 0.908. The summed E-state index contributed by atoms with van der Waals surface area (Å²) in [5.41, 5.74) is 1.93. The van der Waals surface area contributed by atoms with Crippen LogP contribution in [0, 0.1) is 18.7 Å². The van der Waals surface area contributed by atoms with Crippen LogP contribution in [0.2, 0.25) is 0 Å². The van der Waals surface area contributed by atoms with Crippen LogP contribution in [0.3, 0.4) is 0 Å². The number of carbonyl (C=O) groups is 2. The standard InChI is InChI=1S/C20H20FNO4/c1-13-7-8-15(9-18(13)21)16-10-22(11-17(16)19(23)24)20(25)26-12-14-5-3-2-4-6-14/h2-9,16-17H,10-12H2,1H3,(H,23,24)/t16-,17+/m0/s1. The Morgan fingerprint density at radius 1 is 1.19 bits per heavy atom. The predicted molar refractivity (Wildman–Crippen MR) is 93.2 cm³/mol. The molecule has 1 amide bonds. The number of nitrogens with zero attached hydrogens (tertiary/aromatic N) is 1. The van der Waals surface area contributed by atoms with Gasteiger partial charge in [0.2, 0.25) is 0 Å². The first-order valence-electron chi connectivity index (χ1n) is 8.40. The Balaban J connectivity index is 1.71. The summed E-state index contributed by atoms with van der Waals surface area (Å²) in [6.45, 7) is 2.00. The van der Waals surface area contributed by atoms with E-state index in [4.69, 9.17) is 4.74 Å². The highest BCUT2D eigenvalue weighted by Crippen LogP contribution is 2.34. The number of aliphatic carboxylic acids is 1. The van der Waals surface area contributed by atoms with E-state index in [2.05, 4.69) is 0 Å². The lowest BCUT2D eigenvalue weighted by molar-refractivity contribution is -0.141. The minimum Gasteiger partial charge on any atom is -0.481 e. The van der Waals surface area contributed by atoms with E-state index in [1.54, 1.807) is 19.1 Å². The van der Waals surface area contributed by atoms with Gasteiger partial charge in [-0.1, -0.05) is 42.5 Å². The van der Waals surface area contributed by atoms with Gasteiger partial charge in [-0.25, -0.2) is 9.18 Å². The lowest BCUT2D eigenvalue weighted by atomic mass is 9.88. The molecule has 0 aliphatic carbocycles. The maximum atomic E-state index is 13.9. The molecule has 3 rings (SSSR count). The third-order valence-corrected chi connectivity index (χ3v) is 4.72. The van der Waals surface area contributed by atoms with Gasteiger partial charge in [0.15, 0.2) is 0 Å². The highest BCUT2D eigenvalue weighted by atomic mass is 19.1. The van der Waals surface area contributed by atoms with Crippen LogP contribution in [0.4, 0.5) is 9.18 Å². The molecule has 2 atom stereocenters. The number of hydrogen-bond acceptors (Lipinski definition) is 3. The number of amides is 1. The van der Waals surface area contributed by atoms with Gasteiger partial charge < -0.3 is 14.7 Å². The fraction of sp³-hybridized carbons (Fsp3) is 0.300. The lowest BCUT2D eigenvalue weighted by Gasteiger charge is -2.17. The van der Waals surface area contributed by atoms with Crippen molar-refractivity contribution in [2.45, 2.75) is 19.4 Å². The Hall–Kier alpha value is -2.89. The fourth-order valence-corrected chi connectivity index (χ4v) is 3.19. The summed E-state index contributed by atoms with van der Waals surface area (Å²) in [5.74, 6) is -2.64. The number of aryl methyl sites for hydroxylation is 1. The maximum absolute atomic E-state index is 13.9. The van der Waals surface area contributed by atoms with E-state index in [-0.39, 0.29) is 25.5 Å². The monoisotopic (exact) mass is 357 g/mol. The third-order valence-electron chi connectivity index (χ3n) is 4.72. The number of halogens is 1. The zero-order chi connectivity index (χ0) is 18.7. The molecule has 0 aromatic heterocycles. The normalized spacial score (nSPS) is 19.4.